The number of thiophene rings is 1. The van der Waals surface area contributed by atoms with E-state index in [1.807, 2.05) is 0 Å². The number of nitrogens with one attached hydrogen (secondary N) is 1. The van der Waals surface area contributed by atoms with Crippen molar-refractivity contribution in [1.29, 1.82) is 0 Å². The molecule has 4 nitrogen and oxygen atoms in total. The second-order valence-corrected chi connectivity index (χ2v) is 9.89. The van der Waals surface area contributed by atoms with Crippen LogP contribution < -0.4 is 5.32 Å². The number of pyridine rings is 1. The Labute approximate surface area is 197 Å². The molecule has 1 atom stereocenters. The zero-order chi connectivity index (χ0) is 22.2. The third kappa shape index (κ3) is 3.76. The standard InChI is InChI=1S/C28H26N4S/c1-18(15-16-19-9-4-2-5-10-19)31-27-26-25(29-17-30-27)23-21-13-8-14-22(21)24(32-28(23)33-26)20-11-6-3-7-12-20/h2-7,9-12,17-18H,8,13-16H2,1H3,(H,29,30,31)/t18-/m0/s1. The maximum Gasteiger partial charge on any atom is 0.147 e. The van der Waals surface area contributed by atoms with Crippen molar-refractivity contribution >= 4 is 37.6 Å². The van der Waals surface area contributed by atoms with Gasteiger partial charge in [0.15, 0.2) is 0 Å². The van der Waals surface area contributed by atoms with Gasteiger partial charge in [-0.2, -0.15) is 0 Å². The molecule has 164 valence electrons. The quantitative estimate of drug-likeness (QED) is 0.308. The van der Waals surface area contributed by atoms with Gasteiger partial charge >= 0.3 is 0 Å². The van der Waals surface area contributed by atoms with Crippen LogP contribution in [-0.4, -0.2) is 21.0 Å². The van der Waals surface area contributed by atoms with E-state index >= 15 is 0 Å². The first-order chi connectivity index (χ1) is 16.3. The summed E-state index contributed by atoms with van der Waals surface area (Å²) < 4.78 is 1.12. The van der Waals surface area contributed by atoms with Crippen LogP contribution in [-0.2, 0) is 19.3 Å². The predicted molar refractivity (Wildman–Crippen MR) is 138 cm³/mol. The molecule has 5 aromatic rings. The zero-order valence-corrected chi connectivity index (χ0v) is 19.5. The maximum atomic E-state index is 5.17. The maximum absolute atomic E-state index is 5.17. The molecule has 0 saturated carbocycles. The van der Waals surface area contributed by atoms with E-state index < -0.39 is 0 Å². The van der Waals surface area contributed by atoms with E-state index in [0.29, 0.717) is 6.04 Å². The Morgan fingerprint density at radius 2 is 1.70 bits per heavy atom. The Hall–Kier alpha value is -3.31. The smallest absolute Gasteiger partial charge is 0.147 e. The summed E-state index contributed by atoms with van der Waals surface area (Å²) in [6.45, 7) is 2.23. The molecule has 0 radical (unpaired) electrons. The van der Waals surface area contributed by atoms with Crippen molar-refractivity contribution in [3.8, 4) is 11.3 Å². The van der Waals surface area contributed by atoms with Crippen molar-refractivity contribution in [3.05, 3.63) is 83.7 Å². The first kappa shape index (κ1) is 20.3. The Balaban J connectivity index is 1.38. The number of aryl methyl sites for hydroxylation is 2. The lowest BCUT2D eigenvalue weighted by molar-refractivity contribution is 0.704. The lowest BCUT2D eigenvalue weighted by Gasteiger charge is -2.14. The predicted octanol–water partition coefficient (Wildman–Crippen LogP) is 6.83. The fourth-order valence-electron chi connectivity index (χ4n) is 4.97. The van der Waals surface area contributed by atoms with E-state index in [2.05, 4.69) is 77.9 Å². The molecular formula is C28H26N4S. The number of hydrogen-bond donors (Lipinski definition) is 1. The van der Waals surface area contributed by atoms with E-state index in [0.717, 1.165) is 52.2 Å². The molecule has 0 aliphatic heterocycles. The Kier molecular flexibility index (Phi) is 5.27. The molecule has 33 heavy (non-hydrogen) atoms. The minimum atomic E-state index is 0.312. The summed E-state index contributed by atoms with van der Waals surface area (Å²) in [5.41, 5.74) is 7.60. The summed E-state index contributed by atoms with van der Waals surface area (Å²) in [5.74, 6) is 0.927. The molecule has 0 bridgehead atoms. The highest BCUT2D eigenvalue weighted by Crippen LogP contribution is 2.43. The molecule has 0 saturated heterocycles. The third-order valence-corrected chi connectivity index (χ3v) is 7.69. The lowest BCUT2D eigenvalue weighted by Crippen LogP contribution is -2.17. The van der Waals surface area contributed by atoms with Gasteiger partial charge in [-0.05, 0) is 55.7 Å². The minimum Gasteiger partial charge on any atom is -0.366 e. The first-order valence-electron chi connectivity index (χ1n) is 11.7. The van der Waals surface area contributed by atoms with Crippen LogP contribution in [0.5, 0.6) is 0 Å². The largest absolute Gasteiger partial charge is 0.366 e. The number of anilines is 1. The van der Waals surface area contributed by atoms with Crippen molar-refractivity contribution in [2.45, 2.75) is 45.1 Å². The second kappa shape index (κ2) is 8.56. The lowest BCUT2D eigenvalue weighted by atomic mass is 10.0. The van der Waals surface area contributed by atoms with Crippen molar-refractivity contribution in [3.63, 3.8) is 0 Å². The molecule has 0 spiro atoms. The van der Waals surface area contributed by atoms with Gasteiger partial charge < -0.3 is 5.32 Å². The van der Waals surface area contributed by atoms with Crippen LogP contribution in [0.2, 0.25) is 0 Å². The molecule has 6 rings (SSSR count). The summed E-state index contributed by atoms with van der Waals surface area (Å²) in [6.07, 6.45) is 7.16. The highest BCUT2D eigenvalue weighted by molar-refractivity contribution is 7.26. The topological polar surface area (TPSA) is 50.7 Å². The van der Waals surface area contributed by atoms with E-state index in [9.17, 15) is 0 Å². The molecule has 3 aromatic heterocycles. The van der Waals surface area contributed by atoms with Gasteiger partial charge in [0, 0.05) is 17.0 Å². The second-order valence-electron chi connectivity index (χ2n) is 8.89. The summed E-state index contributed by atoms with van der Waals surface area (Å²) in [6, 6.07) is 21.6. The van der Waals surface area contributed by atoms with Gasteiger partial charge in [0.1, 0.15) is 17.0 Å². The molecule has 3 heterocycles. The Morgan fingerprint density at radius 3 is 2.52 bits per heavy atom. The van der Waals surface area contributed by atoms with Crippen molar-refractivity contribution in [1.82, 2.24) is 15.0 Å². The van der Waals surface area contributed by atoms with Crippen molar-refractivity contribution < 1.29 is 0 Å². The molecule has 0 unspecified atom stereocenters. The van der Waals surface area contributed by atoms with Crippen LogP contribution >= 0.6 is 11.3 Å². The van der Waals surface area contributed by atoms with Crippen LogP contribution in [0.1, 0.15) is 36.5 Å². The highest BCUT2D eigenvalue weighted by atomic mass is 32.1. The third-order valence-electron chi connectivity index (χ3n) is 6.61. The summed E-state index contributed by atoms with van der Waals surface area (Å²) >= 11 is 1.72. The number of rotatable bonds is 6. The molecule has 1 aliphatic rings. The summed E-state index contributed by atoms with van der Waals surface area (Å²) in [7, 11) is 0. The van der Waals surface area contributed by atoms with Crippen LogP contribution in [0.25, 0.3) is 31.7 Å². The Morgan fingerprint density at radius 1 is 0.939 bits per heavy atom. The molecule has 1 N–H and O–H groups in total. The van der Waals surface area contributed by atoms with E-state index in [-0.39, 0.29) is 0 Å². The molecule has 5 heteroatoms. The van der Waals surface area contributed by atoms with E-state index in [1.54, 1.807) is 17.7 Å². The van der Waals surface area contributed by atoms with Gasteiger partial charge in [0.25, 0.3) is 0 Å². The molecule has 0 amide bonds. The van der Waals surface area contributed by atoms with Gasteiger partial charge in [-0.3, -0.25) is 0 Å². The normalized spacial score (nSPS) is 14.0. The number of hydrogen-bond acceptors (Lipinski definition) is 5. The summed E-state index contributed by atoms with van der Waals surface area (Å²) in [5, 5.41) is 4.90. The van der Waals surface area contributed by atoms with Crippen LogP contribution in [0.3, 0.4) is 0 Å². The van der Waals surface area contributed by atoms with Crippen molar-refractivity contribution in [2.75, 3.05) is 5.32 Å². The average molecular weight is 451 g/mol. The minimum absolute atomic E-state index is 0.312. The van der Waals surface area contributed by atoms with Crippen molar-refractivity contribution in [2.24, 2.45) is 0 Å². The molecule has 1 aliphatic carbocycles. The van der Waals surface area contributed by atoms with Gasteiger partial charge in [-0.1, -0.05) is 60.7 Å². The highest BCUT2D eigenvalue weighted by Gasteiger charge is 2.25. The monoisotopic (exact) mass is 450 g/mol. The van der Waals surface area contributed by atoms with E-state index in [1.165, 1.54) is 34.1 Å². The number of fused-ring (bicyclic) bond motifs is 5. The SMILES string of the molecule is C[C@@H](CCc1ccccc1)Nc1ncnc2c1sc1nc(-c3ccccc3)c3c(c12)CCC3. The Bertz CT molecular complexity index is 1430. The van der Waals surface area contributed by atoms with Gasteiger partial charge in [0.05, 0.1) is 15.9 Å². The fraction of sp³-hybridized carbons (Fsp3) is 0.250. The number of nitrogens with zero attached hydrogens (tertiary/aromatic N) is 3. The average Bonchev–Trinajstić information content (AvgIpc) is 3.48. The molecule has 0 fully saturated rings. The van der Waals surface area contributed by atoms with Crippen LogP contribution in [0.15, 0.2) is 67.0 Å². The van der Waals surface area contributed by atoms with Gasteiger partial charge in [0.2, 0.25) is 0 Å². The summed E-state index contributed by atoms with van der Waals surface area (Å²) in [4.78, 5) is 15.6. The van der Waals surface area contributed by atoms with Gasteiger partial charge in [-0.15, -0.1) is 11.3 Å². The fourth-order valence-corrected chi connectivity index (χ4v) is 6.08. The zero-order valence-electron chi connectivity index (χ0n) is 18.7. The van der Waals surface area contributed by atoms with E-state index in [4.69, 9.17) is 9.97 Å². The first-order valence-corrected chi connectivity index (χ1v) is 12.5. The van der Waals surface area contributed by atoms with Gasteiger partial charge in [-0.25, -0.2) is 15.0 Å². The van der Waals surface area contributed by atoms with Crippen LogP contribution in [0, 0.1) is 0 Å². The van der Waals surface area contributed by atoms with Crippen LogP contribution in [0.4, 0.5) is 5.82 Å². The molecule has 2 aromatic carbocycles. The number of benzene rings is 2. The number of aromatic nitrogens is 3. The molecular weight excluding hydrogens is 424 g/mol.